The molecule has 0 bridgehead atoms. The summed E-state index contributed by atoms with van der Waals surface area (Å²) in [6.45, 7) is 6.78. The summed E-state index contributed by atoms with van der Waals surface area (Å²) >= 11 is 0. The Morgan fingerprint density at radius 1 is 1.07 bits per heavy atom. The molecule has 9 nitrogen and oxygen atoms in total. The van der Waals surface area contributed by atoms with E-state index >= 15 is 4.11 Å². The molecule has 5 atom stereocenters. The molecule has 2 aliphatic rings. The Morgan fingerprint density at radius 2 is 1.74 bits per heavy atom. The molecule has 3 aromatic carbocycles. The summed E-state index contributed by atoms with van der Waals surface area (Å²) in [5, 5.41) is 22.0. The van der Waals surface area contributed by atoms with E-state index in [1.54, 1.807) is 41.1 Å². The average molecular weight is 648 g/mol. The number of halogens is 1. The number of benzene rings is 3. The van der Waals surface area contributed by atoms with Gasteiger partial charge in [0, 0.05) is 35.8 Å². The van der Waals surface area contributed by atoms with Gasteiger partial charge < -0.3 is 34.2 Å². The minimum absolute atomic E-state index is 0.120. The molecular formula is C35H42FN3O6Si. The fourth-order valence-electron chi connectivity index (χ4n) is 7.05. The molecule has 0 radical (unpaired) electrons. The van der Waals surface area contributed by atoms with Gasteiger partial charge in [0.1, 0.15) is 6.10 Å². The normalized spacial score (nSPS) is 23.0. The molecule has 46 heavy (non-hydrogen) atoms. The second-order valence-corrected chi connectivity index (χ2v) is 16.6. The minimum Gasteiger partial charge on any atom is -0.395 e. The van der Waals surface area contributed by atoms with Crippen molar-refractivity contribution in [3.8, 4) is 0 Å². The largest absolute Gasteiger partial charge is 0.395 e. The molecular weight excluding hydrogens is 605 g/mol. The number of fused-ring (bicyclic) bond motifs is 2. The number of anilines is 2. The third kappa shape index (κ3) is 6.50. The van der Waals surface area contributed by atoms with Crippen molar-refractivity contribution in [2.45, 2.75) is 69.8 Å². The van der Waals surface area contributed by atoms with Gasteiger partial charge >= 0.3 is 0 Å². The Morgan fingerprint density at radius 3 is 2.41 bits per heavy atom. The Balaban J connectivity index is 1.45. The SMILES string of the molecule is C[C@H](O)C(=O)Nc1cccc(CN2C(=O)[C@]3(O[C@H](CC(=O)N(CCO)Cc4ccccc4)[C@@H]([Si](C)(C)F)[C@@H]3C)c3ccccc32)c1. The van der Waals surface area contributed by atoms with E-state index in [4.69, 9.17) is 4.74 Å². The second-order valence-electron chi connectivity index (χ2n) is 12.8. The van der Waals surface area contributed by atoms with Gasteiger partial charge in [-0.05, 0) is 49.3 Å². The number of hydrogen-bond acceptors (Lipinski definition) is 6. The summed E-state index contributed by atoms with van der Waals surface area (Å²) in [7, 11) is -3.49. The maximum Gasteiger partial charge on any atom is 0.264 e. The van der Waals surface area contributed by atoms with E-state index in [0.29, 0.717) is 23.5 Å². The maximum atomic E-state index is 16.2. The van der Waals surface area contributed by atoms with Crippen LogP contribution in [0.1, 0.15) is 37.0 Å². The zero-order chi connectivity index (χ0) is 33.2. The third-order valence-electron chi connectivity index (χ3n) is 9.10. The van der Waals surface area contributed by atoms with Crippen molar-refractivity contribution in [2.24, 2.45) is 5.92 Å². The van der Waals surface area contributed by atoms with Crippen LogP contribution < -0.4 is 10.2 Å². The quantitative estimate of drug-likeness (QED) is 0.204. The van der Waals surface area contributed by atoms with E-state index in [0.717, 1.165) is 11.1 Å². The topological polar surface area (TPSA) is 119 Å². The number of amides is 3. The zero-order valence-electron chi connectivity index (χ0n) is 26.7. The van der Waals surface area contributed by atoms with Gasteiger partial charge in [0.2, 0.25) is 14.3 Å². The number of hydrogen-bond donors (Lipinski definition) is 3. The lowest BCUT2D eigenvalue weighted by atomic mass is 9.82. The number of nitrogens with zero attached hydrogens (tertiary/aromatic N) is 2. The fraction of sp³-hybridized carbons (Fsp3) is 0.400. The fourth-order valence-corrected chi connectivity index (χ4v) is 9.55. The molecule has 3 N–H and O–H groups in total. The smallest absolute Gasteiger partial charge is 0.264 e. The average Bonchev–Trinajstić information content (AvgIpc) is 3.44. The number of ether oxygens (including phenoxy) is 1. The van der Waals surface area contributed by atoms with Crippen LogP contribution >= 0.6 is 0 Å². The molecule has 1 spiro atoms. The highest BCUT2D eigenvalue weighted by Crippen LogP contribution is 2.60. The molecule has 3 aromatic rings. The predicted molar refractivity (Wildman–Crippen MR) is 176 cm³/mol. The number of para-hydroxylation sites is 1. The van der Waals surface area contributed by atoms with Crippen LogP contribution in [0.15, 0.2) is 78.9 Å². The highest BCUT2D eigenvalue weighted by atomic mass is 28.4. The first-order chi connectivity index (χ1) is 21.9. The Bertz CT molecular complexity index is 1580. The molecule has 1 fully saturated rings. The molecule has 1 saturated heterocycles. The number of aliphatic hydroxyl groups is 2. The number of carbonyl (C=O) groups is 3. The monoisotopic (exact) mass is 647 g/mol. The predicted octanol–water partition coefficient (Wildman–Crippen LogP) is 4.74. The zero-order valence-corrected chi connectivity index (χ0v) is 27.7. The number of rotatable bonds is 11. The summed E-state index contributed by atoms with van der Waals surface area (Å²) < 4.78 is 23.0. The Kier molecular flexibility index (Phi) is 9.78. The summed E-state index contributed by atoms with van der Waals surface area (Å²) in [4.78, 5) is 43.6. The first-order valence-electron chi connectivity index (χ1n) is 15.7. The molecule has 0 aliphatic carbocycles. The summed E-state index contributed by atoms with van der Waals surface area (Å²) in [5.74, 6) is -1.71. The molecule has 5 rings (SSSR count). The highest BCUT2D eigenvalue weighted by molar-refractivity contribution is 6.72. The molecule has 244 valence electrons. The van der Waals surface area contributed by atoms with Crippen LogP contribution in [0, 0.1) is 5.92 Å². The minimum atomic E-state index is -3.49. The van der Waals surface area contributed by atoms with E-state index in [2.05, 4.69) is 5.32 Å². The lowest BCUT2D eigenvalue weighted by Gasteiger charge is -2.31. The van der Waals surface area contributed by atoms with E-state index in [9.17, 15) is 24.6 Å². The lowest BCUT2D eigenvalue weighted by molar-refractivity contribution is -0.150. The summed E-state index contributed by atoms with van der Waals surface area (Å²) in [6, 6.07) is 23.8. The van der Waals surface area contributed by atoms with Gasteiger partial charge in [-0.3, -0.25) is 14.4 Å². The molecule has 3 amide bonds. The summed E-state index contributed by atoms with van der Waals surface area (Å²) in [5.41, 5.74) is 1.27. The van der Waals surface area contributed by atoms with Crippen molar-refractivity contribution in [3.63, 3.8) is 0 Å². The standard InChI is InChI=1S/C35H42FN3O6Si/c1-23-32(46(3,4)36)30(20-31(42)38(17-18-40)21-25-11-6-5-7-12-25)45-35(23)28-15-8-9-16-29(28)39(34(35)44)22-26-13-10-14-27(19-26)37-33(43)24(2)41/h5-16,19,23-24,30,32,40-41H,17-18,20-22H2,1-4H3,(H,37,43)/t23-,24-,30+,32-,35+/m0/s1. The molecule has 2 heterocycles. The van der Waals surface area contributed by atoms with Crippen molar-refractivity contribution in [1.82, 2.24) is 4.90 Å². The van der Waals surface area contributed by atoms with E-state index in [-0.39, 0.29) is 37.9 Å². The van der Waals surface area contributed by atoms with E-state index < -0.39 is 43.6 Å². The van der Waals surface area contributed by atoms with Gasteiger partial charge in [-0.25, -0.2) is 0 Å². The second kappa shape index (κ2) is 13.4. The Hall–Kier alpha value is -3.90. The van der Waals surface area contributed by atoms with Crippen LogP contribution in [0.2, 0.25) is 18.6 Å². The van der Waals surface area contributed by atoms with Gasteiger partial charge in [-0.15, -0.1) is 0 Å². The van der Waals surface area contributed by atoms with E-state index in [1.807, 2.05) is 67.6 Å². The van der Waals surface area contributed by atoms with E-state index in [1.165, 1.54) is 6.92 Å². The highest BCUT2D eigenvalue weighted by Gasteiger charge is 2.66. The van der Waals surface area contributed by atoms with Gasteiger partial charge in [0.15, 0.2) is 5.60 Å². The molecule has 0 unspecified atom stereocenters. The molecule has 11 heteroatoms. The first-order valence-corrected chi connectivity index (χ1v) is 18.6. The third-order valence-corrected chi connectivity index (χ3v) is 11.6. The van der Waals surface area contributed by atoms with Crippen LogP contribution in [0.4, 0.5) is 15.5 Å². The van der Waals surface area contributed by atoms with Crippen LogP contribution in [0.5, 0.6) is 0 Å². The van der Waals surface area contributed by atoms with Gasteiger partial charge in [-0.1, -0.05) is 67.6 Å². The van der Waals surface area contributed by atoms with Crippen LogP contribution in [0.25, 0.3) is 0 Å². The van der Waals surface area contributed by atoms with Gasteiger partial charge in [0.05, 0.1) is 31.4 Å². The first kappa shape index (κ1) is 33.5. The van der Waals surface area contributed by atoms with Gasteiger partial charge in [0.25, 0.3) is 11.8 Å². The maximum absolute atomic E-state index is 16.2. The van der Waals surface area contributed by atoms with Crippen molar-refractivity contribution in [1.29, 1.82) is 0 Å². The van der Waals surface area contributed by atoms with Crippen molar-refractivity contribution < 1.29 is 33.4 Å². The number of nitrogens with one attached hydrogen (secondary N) is 1. The number of aliphatic hydroxyl groups excluding tert-OH is 2. The molecule has 0 aromatic heterocycles. The summed E-state index contributed by atoms with van der Waals surface area (Å²) in [6.07, 6.45) is -2.14. The van der Waals surface area contributed by atoms with Crippen molar-refractivity contribution in [2.75, 3.05) is 23.4 Å². The molecule has 2 aliphatic heterocycles. The van der Waals surface area contributed by atoms with Gasteiger partial charge in [-0.2, -0.15) is 0 Å². The van der Waals surface area contributed by atoms with Crippen LogP contribution in [-0.4, -0.2) is 66.6 Å². The van der Waals surface area contributed by atoms with Crippen LogP contribution in [-0.2, 0) is 37.8 Å². The molecule has 0 saturated carbocycles. The van der Waals surface area contributed by atoms with Crippen LogP contribution in [0.3, 0.4) is 0 Å². The number of carbonyl (C=O) groups excluding carboxylic acids is 3. The Labute approximate surface area is 270 Å². The lowest BCUT2D eigenvalue weighted by Crippen LogP contribution is -2.45. The van der Waals surface area contributed by atoms with Crippen molar-refractivity contribution in [3.05, 3.63) is 95.6 Å². The van der Waals surface area contributed by atoms with Crippen molar-refractivity contribution >= 4 is 37.5 Å².